The molecule has 2 aromatic carbocycles. The standard InChI is InChI=1S/C22H22ClNO6S/c1-14(15-4-7-17(28-2)8-5-15)24-22(25)20-11-9-18(30-20)13-31(26,27)21-12-16(23)6-10-19(21)29-3/h4-12,14H,13H2,1-3H3,(H,24,25)/t14-/m0/s1. The largest absolute Gasteiger partial charge is 0.497 e. The van der Waals surface area contributed by atoms with Crippen LogP contribution in [0.15, 0.2) is 63.9 Å². The van der Waals surface area contributed by atoms with Gasteiger partial charge < -0.3 is 19.2 Å². The topological polar surface area (TPSA) is 94.8 Å². The van der Waals surface area contributed by atoms with Gasteiger partial charge in [-0.2, -0.15) is 0 Å². The van der Waals surface area contributed by atoms with Crippen LogP contribution in [0.5, 0.6) is 11.5 Å². The molecule has 164 valence electrons. The lowest BCUT2D eigenvalue weighted by molar-refractivity contribution is 0.0910. The van der Waals surface area contributed by atoms with Crippen LogP contribution in [0, 0.1) is 0 Å². The van der Waals surface area contributed by atoms with Gasteiger partial charge in [-0.25, -0.2) is 8.42 Å². The van der Waals surface area contributed by atoms with Gasteiger partial charge in [-0.1, -0.05) is 23.7 Å². The van der Waals surface area contributed by atoms with Crippen molar-refractivity contribution >= 4 is 27.3 Å². The molecule has 1 N–H and O–H groups in total. The number of benzene rings is 2. The molecule has 31 heavy (non-hydrogen) atoms. The second kappa shape index (κ2) is 9.45. The third-order valence-electron chi connectivity index (χ3n) is 4.64. The van der Waals surface area contributed by atoms with Crippen LogP contribution in [0.2, 0.25) is 5.02 Å². The van der Waals surface area contributed by atoms with Crippen LogP contribution < -0.4 is 14.8 Å². The van der Waals surface area contributed by atoms with Crippen molar-refractivity contribution in [3.05, 3.63) is 76.7 Å². The van der Waals surface area contributed by atoms with Gasteiger partial charge in [0.1, 0.15) is 27.9 Å². The van der Waals surface area contributed by atoms with E-state index in [2.05, 4.69) is 5.32 Å². The highest BCUT2D eigenvalue weighted by molar-refractivity contribution is 7.90. The van der Waals surface area contributed by atoms with Crippen LogP contribution in [0.1, 0.15) is 34.8 Å². The molecule has 0 aliphatic rings. The minimum atomic E-state index is -3.81. The van der Waals surface area contributed by atoms with E-state index in [4.69, 9.17) is 25.5 Å². The molecule has 1 amide bonds. The summed E-state index contributed by atoms with van der Waals surface area (Å²) in [5, 5.41) is 3.09. The van der Waals surface area contributed by atoms with E-state index < -0.39 is 21.5 Å². The zero-order valence-corrected chi connectivity index (χ0v) is 18.8. The molecule has 0 radical (unpaired) electrons. The normalized spacial score (nSPS) is 12.3. The molecular formula is C22H22ClNO6S. The zero-order valence-electron chi connectivity index (χ0n) is 17.2. The van der Waals surface area contributed by atoms with Crippen LogP contribution in [0.3, 0.4) is 0 Å². The Morgan fingerprint density at radius 2 is 1.77 bits per heavy atom. The highest BCUT2D eigenvalue weighted by atomic mass is 35.5. The molecule has 7 nitrogen and oxygen atoms in total. The smallest absolute Gasteiger partial charge is 0.287 e. The molecule has 0 spiro atoms. The average Bonchev–Trinajstić information content (AvgIpc) is 3.21. The molecule has 3 rings (SSSR count). The summed E-state index contributed by atoms with van der Waals surface area (Å²) in [5.41, 5.74) is 0.886. The number of methoxy groups -OCH3 is 2. The summed E-state index contributed by atoms with van der Waals surface area (Å²) in [7, 11) is -0.853. The second-order valence-electron chi connectivity index (χ2n) is 6.79. The van der Waals surface area contributed by atoms with Crippen molar-refractivity contribution in [2.24, 2.45) is 0 Å². The first-order valence-corrected chi connectivity index (χ1v) is 11.4. The molecule has 9 heteroatoms. The number of hydrogen-bond donors (Lipinski definition) is 1. The van der Waals surface area contributed by atoms with Crippen molar-refractivity contribution < 1.29 is 27.1 Å². The van der Waals surface area contributed by atoms with E-state index >= 15 is 0 Å². The number of amides is 1. The SMILES string of the molecule is COc1ccc([C@H](C)NC(=O)c2ccc(CS(=O)(=O)c3cc(Cl)ccc3OC)o2)cc1. The summed E-state index contributed by atoms with van der Waals surface area (Å²) in [6.07, 6.45) is 0. The number of carbonyl (C=O) groups excluding carboxylic acids is 1. The molecule has 1 atom stereocenters. The van der Waals surface area contributed by atoms with Gasteiger partial charge in [0.2, 0.25) is 0 Å². The number of hydrogen-bond acceptors (Lipinski definition) is 6. The fourth-order valence-corrected chi connectivity index (χ4v) is 4.67. The predicted octanol–water partition coefficient (Wildman–Crippen LogP) is 4.42. The molecule has 0 aliphatic carbocycles. The Morgan fingerprint density at radius 1 is 1.06 bits per heavy atom. The number of nitrogens with one attached hydrogen (secondary N) is 1. The lowest BCUT2D eigenvalue weighted by Gasteiger charge is -2.14. The maximum atomic E-state index is 12.8. The Hall–Kier alpha value is -2.97. The molecule has 1 heterocycles. The second-order valence-corrected chi connectivity index (χ2v) is 9.18. The maximum Gasteiger partial charge on any atom is 0.287 e. The van der Waals surface area contributed by atoms with E-state index in [9.17, 15) is 13.2 Å². The van der Waals surface area contributed by atoms with Crippen molar-refractivity contribution in [1.29, 1.82) is 0 Å². The van der Waals surface area contributed by atoms with Crippen LogP contribution in [-0.2, 0) is 15.6 Å². The Bertz CT molecular complexity index is 1170. The lowest BCUT2D eigenvalue weighted by atomic mass is 10.1. The zero-order chi connectivity index (χ0) is 22.6. The third-order valence-corrected chi connectivity index (χ3v) is 6.53. The van der Waals surface area contributed by atoms with Gasteiger partial charge in [0, 0.05) is 5.02 Å². The molecular weight excluding hydrogens is 442 g/mol. The van der Waals surface area contributed by atoms with Gasteiger partial charge in [0.15, 0.2) is 15.6 Å². The summed E-state index contributed by atoms with van der Waals surface area (Å²) < 4.78 is 41.4. The highest BCUT2D eigenvalue weighted by Crippen LogP contribution is 2.30. The van der Waals surface area contributed by atoms with Gasteiger partial charge >= 0.3 is 0 Å². The van der Waals surface area contributed by atoms with Crippen LogP contribution in [0.25, 0.3) is 0 Å². The van der Waals surface area contributed by atoms with E-state index in [0.717, 1.165) is 11.3 Å². The highest BCUT2D eigenvalue weighted by Gasteiger charge is 2.24. The molecule has 0 bridgehead atoms. The van der Waals surface area contributed by atoms with E-state index in [1.165, 1.54) is 31.4 Å². The molecule has 1 aromatic heterocycles. The molecule has 0 aliphatic heterocycles. The Morgan fingerprint density at radius 3 is 2.42 bits per heavy atom. The molecule has 0 saturated heterocycles. The first-order valence-electron chi connectivity index (χ1n) is 9.33. The first-order chi connectivity index (χ1) is 14.7. The maximum absolute atomic E-state index is 12.8. The number of ether oxygens (including phenoxy) is 2. The summed E-state index contributed by atoms with van der Waals surface area (Å²) in [5.74, 6) is 0.156. The molecule has 0 unspecified atom stereocenters. The Kier molecular flexibility index (Phi) is 6.92. The minimum absolute atomic E-state index is 0.0172. The summed E-state index contributed by atoms with van der Waals surface area (Å²) in [4.78, 5) is 12.5. The van der Waals surface area contributed by atoms with Gasteiger partial charge in [-0.15, -0.1) is 0 Å². The van der Waals surface area contributed by atoms with Crippen molar-refractivity contribution in [3.8, 4) is 11.5 Å². The van der Waals surface area contributed by atoms with Crippen LogP contribution in [-0.4, -0.2) is 28.5 Å². The van der Waals surface area contributed by atoms with E-state index in [1.54, 1.807) is 25.3 Å². The van der Waals surface area contributed by atoms with Crippen molar-refractivity contribution in [1.82, 2.24) is 5.32 Å². The minimum Gasteiger partial charge on any atom is -0.497 e. The average molecular weight is 464 g/mol. The van der Waals surface area contributed by atoms with Gasteiger partial charge in [-0.3, -0.25) is 4.79 Å². The molecule has 0 saturated carbocycles. The summed E-state index contributed by atoms with van der Waals surface area (Å²) >= 11 is 5.94. The predicted molar refractivity (Wildman–Crippen MR) is 116 cm³/mol. The summed E-state index contributed by atoms with van der Waals surface area (Å²) in [6.45, 7) is 1.83. The van der Waals surface area contributed by atoms with E-state index in [1.807, 2.05) is 19.1 Å². The molecule has 0 fully saturated rings. The Labute approximate surface area is 185 Å². The number of rotatable bonds is 8. The van der Waals surface area contributed by atoms with E-state index in [0.29, 0.717) is 0 Å². The summed E-state index contributed by atoms with van der Waals surface area (Å²) in [6, 6.07) is 14.3. The number of halogens is 1. The van der Waals surface area contributed by atoms with Crippen molar-refractivity contribution in [3.63, 3.8) is 0 Å². The van der Waals surface area contributed by atoms with Crippen LogP contribution >= 0.6 is 11.6 Å². The molecule has 3 aromatic rings. The fourth-order valence-electron chi connectivity index (χ4n) is 2.98. The fraction of sp³-hybridized carbons (Fsp3) is 0.227. The third kappa shape index (κ3) is 5.39. The monoisotopic (exact) mass is 463 g/mol. The van der Waals surface area contributed by atoms with Crippen molar-refractivity contribution in [2.45, 2.75) is 23.6 Å². The Balaban J connectivity index is 1.72. The van der Waals surface area contributed by atoms with E-state index in [-0.39, 0.29) is 33.2 Å². The lowest BCUT2D eigenvalue weighted by Crippen LogP contribution is -2.26. The van der Waals surface area contributed by atoms with Gasteiger partial charge in [-0.05, 0) is 55.0 Å². The van der Waals surface area contributed by atoms with Crippen molar-refractivity contribution in [2.75, 3.05) is 14.2 Å². The number of sulfone groups is 1. The first kappa shape index (κ1) is 22.7. The quantitative estimate of drug-likeness (QED) is 0.531. The van der Waals surface area contributed by atoms with Gasteiger partial charge in [0.05, 0.1) is 20.3 Å². The number of furan rings is 1. The number of carbonyl (C=O) groups is 1. The van der Waals surface area contributed by atoms with Crippen LogP contribution in [0.4, 0.5) is 0 Å². The van der Waals surface area contributed by atoms with Gasteiger partial charge in [0.25, 0.3) is 5.91 Å².